The van der Waals surface area contributed by atoms with Crippen molar-refractivity contribution in [2.45, 2.75) is 20.4 Å². The van der Waals surface area contributed by atoms with E-state index in [1.165, 1.54) is 0 Å². The Bertz CT molecular complexity index is 323. The molecule has 0 saturated heterocycles. The van der Waals surface area contributed by atoms with E-state index < -0.39 is 0 Å². The normalized spacial score (nSPS) is 9.80. The van der Waals surface area contributed by atoms with Gasteiger partial charge in [0.1, 0.15) is 0 Å². The highest BCUT2D eigenvalue weighted by atomic mass is 16.2. The summed E-state index contributed by atoms with van der Waals surface area (Å²) < 4.78 is 0. The van der Waals surface area contributed by atoms with Crippen molar-refractivity contribution in [1.82, 2.24) is 20.2 Å². The highest BCUT2D eigenvalue weighted by Crippen LogP contribution is 1.94. The molecular weight excluding hydrogens is 192 g/mol. The van der Waals surface area contributed by atoms with Crippen LogP contribution in [-0.2, 0) is 6.54 Å². The van der Waals surface area contributed by atoms with E-state index in [9.17, 15) is 4.79 Å². The third-order valence-electron chi connectivity index (χ3n) is 2.08. The molecule has 0 fully saturated rings. The van der Waals surface area contributed by atoms with Crippen molar-refractivity contribution in [1.29, 1.82) is 0 Å². The summed E-state index contributed by atoms with van der Waals surface area (Å²) in [6.45, 7) is 4.90. The monoisotopic (exact) mass is 208 g/mol. The molecule has 0 aliphatic heterocycles. The fourth-order valence-corrected chi connectivity index (χ4v) is 0.955. The van der Waals surface area contributed by atoms with E-state index in [1.54, 1.807) is 24.3 Å². The maximum atomic E-state index is 11.4. The average molecular weight is 208 g/mol. The molecule has 1 rings (SSSR count). The first kappa shape index (κ1) is 11.4. The van der Waals surface area contributed by atoms with Crippen LogP contribution in [0.2, 0.25) is 0 Å². The van der Waals surface area contributed by atoms with E-state index in [1.807, 2.05) is 13.8 Å². The summed E-state index contributed by atoms with van der Waals surface area (Å²) in [5, 5.41) is 2.75. The summed E-state index contributed by atoms with van der Waals surface area (Å²) in [5.74, 6) is 0. The Hall–Kier alpha value is -1.65. The molecule has 0 spiro atoms. The Morgan fingerprint density at radius 2 is 2.20 bits per heavy atom. The highest BCUT2D eigenvalue weighted by Gasteiger charge is 2.05. The number of amides is 2. The fraction of sp³-hybridized carbons (Fsp3) is 0.500. The number of carbonyl (C=O) groups is 1. The molecule has 1 N–H and O–H groups in total. The third kappa shape index (κ3) is 3.53. The lowest BCUT2D eigenvalue weighted by atomic mass is 10.4. The third-order valence-corrected chi connectivity index (χ3v) is 2.08. The summed E-state index contributed by atoms with van der Waals surface area (Å²) in [7, 11) is 1.75. The van der Waals surface area contributed by atoms with E-state index in [0.717, 1.165) is 11.4 Å². The van der Waals surface area contributed by atoms with E-state index in [2.05, 4.69) is 15.3 Å². The molecule has 2 amide bonds. The van der Waals surface area contributed by atoms with Gasteiger partial charge in [-0.25, -0.2) is 4.79 Å². The zero-order valence-electron chi connectivity index (χ0n) is 9.32. The molecule has 0 aliphatic rings. The van der Waals surface area contributed by atoms with Crippen molar-refractivity contribution in [3.8, 4) is 0 Å². The molecule has 0 saturated carbocycles. The Labute approximate surface area is 89.5 Å². The number of aryl methyl sites for hydroxylation is 1. The highest BCUT2D eigenvalue weighted by molar-refractivity contribution is 5.73. The topological polar surface area (TPSA) is 58.1 Å². The van der Waals surface area contributed by atoms with Gasteiger partial charge >= 0.3 is 6.03 Å². The summed E-state index contributed by atoms with van der Waals surface area (Å²) in [5.41, 5.74) is 1.63. The summed E-state index contributed by atoms with van der Waals surface area (Å²) >= 11 is 0. The van der Waals surface area contributed by atoms with E-state index in [-0.39, 0.29) is 6.03 Å². The van der Waals surface area contributed by atoms with Crippen LogP contribution in [0, 0.1) is 6.92 Å². The molecule has 82 valence electrons. The molecule has 0 aromatic carbocycles. The van der Waals surface area contributed by atoms with Gasteiger partial charge in [0.15, 0.2) is 0 Å². The zero-order valence-corrected chi connectivity index (χ0v) is 9.32. The minimum Gasteiger partial charge on any atom is -0.332 e. The zero-order chi connectivity index (χ0) is 11.3. The van der Waals surface area contributed by atoms with Gasteiger partial charge in [0.25, 0.3) is 0 Å². The molecule has 0 bridgehead atoms. The first-order valence-electron chi connectivity index (χ1n) is 4.90. The number of carbonyl (C=O) groups excluding carboxylic acids is 1. The summed E-state index contributed by atoms with van der Waals surface area (Å²) in [4.78, 5) is 21.2. The van der Waals surface area contributed by atoms with Crippen LogP contribution >= 0.6 is 0 Å². The van der Waals surface area contributed by atoms with Gasteiger partial charge in [-0.3, -0.25) is 9.97 Å². The quantitative estimate of drug-likeness (QED) is 0.804. The second-order valence-corrected chi connectivity index (χ2v) is 3.32. The van der Waals surface area contributed by atoms with Crippen LogP contribution in [0.5, 0.6) is 0 Å². The number of hydrogen-bond acceptors (Lipinski definition) is 3. The van der Waals surface area contributed by atoms with Gasteiger partial charge in [-0.1, -0.05) is 0 Å². The molecule has 0 radical (unpaired) electrons. The van der Waals surface area contributed by atoms with Gasteiger partial charge < -0.3 is 10.2 Å². The lowest BCUT2D eigenvalue weighted by molar-refractivity contribution is 0.210. The van der Waals surface area contributed by atoms with Crippen molar-refractivity contribution in [3.63, 3.8) is 0 Å². The SMILES string of the molecule is CCN(C)C(=O)NCc1cnc(C)cn1. The molecule has 5 heteroatoms. The van der Waals surface area contributed by atoms with Crippen LogP contribution < -0.4 is 5.32 Å². The van der Waals surface area contributed by atoms with E-state index in [4.69, 9.17) is 0 Å². The Kier molecular flexibility index (Phi) is 4.03. The molecule has 0 unspecified atom stereocenters. The second-order valence-electron chi connectivity index (χ2n) is 3.32. The molecule has 0 atom stereocenters. The van der Waals surface area contributed by atoms with Crippen LogP contribution in [0.25, 0.3) is 0 Å². The summed E-state index contributed by atoms with van der Waals surface area (Å²) in [6, 6.07) is -0.0973. The fourth-order valence-electron chi connectivity index (χ4n) is 0.955. The Morgan fingerprint density at radius 1 is 1.47 bits per heavy atom. The van der Waals surface area contributed by atoms with Crippen molar-refractivity contribution >= 4 is 6.03 Å². The van der Waals surface area contributed by atoms with Crippen LogP contribution in [0.1, 0.15) is 18.3 Å². The van der Waals surface area contributed by atoms with Crippen molar-refractivity contribution in [2.24, 2.45) is 0 Å². The van der Waals surface area contributed by atoms with Gasteiger partial charge in [0.2, 0.25) is 0 Å². The average Bonchev–Trinajstić information content (AvgIpc) is 2.26. The van der Waals surface area contributed by atoms with Crippen molar-refractivity contribution in [2.75, 3.05) is 13.6 Å². The largest absolute Gasteiger partial charge is 0.332 e. The predicted molar refractivity (Wildman–Crippen MR) is 57.3 cm³/mol. The number of nitrogens with zero attached hydrogens (tertiary/aromatic N) is 3. The first-order valence-corrected chi connectivity index (χ1v) is 4.90. The smallest absolute Gasteiger partial charge is 0.317 e. The number of urea groups is 1. The van der Waals surface area contributed by atoms with Crippen LogP contribution in [0.3, 0.4) is 0 Å². The first-order chi connectivity index (χ1) is 7.13. The molecule has 5 nitrogen and oxygen atoms in total. The Balaban J connectivity index is 2.43. The number of hydrogen-bond donors (Lipinski definition) is 1. The molecular formula is C10H16N4O. The maximum absolute atomic E-state index is 11.4. The van der Waals surface area contributed by atoms with Gasteiger partial charge in [-0.05, 0) is 13.8 Å². The van der Waals surface area contributed by atoms with Crippen LogP contribution in [-0.4, -0.2) is 34.5 Å². The number of nitrogens with one attached hydrogen (secondary N) is 1. The van der Waals surface area contributed by atoms with Crippen molar-refractivity contribution in [3.05, 3.63) is 23.8 Å². The molecule has 1 aromatic rings. The molecule has 1 heterocycles. The van der Waals surface area contributed by atoms with Crippen molar-refractivity contribution < 1.29 is 4.79 Å². The van der Waals surface area contributed by atoms with E-state index in [0.29, 0.717) is 13.1 Å². The van der Waals surface area contributed by atoms with Gasteiger partial charge in [-0.2, -0.15) is 0 Å². The molecule has 1 aromatic heterocycles. The summed E-state index contributed by atoms with van der Waals surface area (Å²) in [6.07, 6.45) is 3.35. The van der Waals surface area contributed by atoms with Gasteiger partial charge in [-0.15, -0.1) is 0 Å². The maximum Gasteiger partial charge on any atom is 0.317 e. The van der Waals surface area contributed by atoms with Gasteiger partial charge in [0.05, 0.1) is 24.1 Å². The lowest BCUT2D eigenvalue weighted by Gasteiger charge is -2.14. The van der Waals surface area contributed by atoms with Crippen LogP contribution in [0.4, 0.5) is 4.79 Å². The predicted octanol–water partition coefficient (Wildman–Crippen LogP) is 0.946. The number of rotatable bonds is 3. The second kappa shape index (κ2) is 5.29. The molecule has 15 heavy (non-hydrogen) atoms. The lowest BCUT2D eigenvalue weighted by Crippen LogP contribution is -2.36. The Morgan fingerprint density at radius 3 is 2.73 bits per heavy atom. The minimum absolute atomic E-state index is 0.0973. The molecule has 0 aliphatic carbocycles. The standard InChI is InChI=1S/C10H16N4O/c1-4-14(3)10(15)13-7-9-6-11-8(2)5-12-9/h5-6H,4,7H2,1-3H3,(H,13,15). The van der Waals surface area contributed by atoms with Crippen LogP contribution in [0.15, 0.2) is 12.4 Å². The van der Waals surface area contributed by atoms with E-state index >= 15 is 0 Å². The van der Waals surface area contributed by atoms with Gasteiger partial charge in [0, 0.05) is 19.8 Å². The minimum atomic E-state index is -0.0973. The number of aromatic nitrogens is 2.